The normalized spacial score (nSPS) is 14.0. The van der Waals surface area contributed by atoms with Crippen LogP contribution < -0.4 is 4.72 Å². The van der Waals surface area contributed by atoms with Gasteiger partial charge in [0.15, 0.2) is 4.90 Å². The summed E-state index contributed by atoms with van der Waals surface area (Å²) in [7, 11) is -4.67. The zero-order valence-electron chi connectivity index (χ0n) is 13.0. The summed E-state index contributed by atoms with van der Waals surface area (Å²) in [6, 6.07) is 7.83. The quantitative estimate of drug-likeness (QED) is 0.497. The molecule has 2 N–H and O–H groups in total. The fraction of sp³-hybridized carbons (Fsp3) is 0.200. The molecule has 0 saturated heterocycles. The maximum Gasteiger partial charge on any atom is 0.289 e. The van der Waals surface area contributed by atoms with Crippen molar-refractivity contribution in [1.29, 1.82) is 0 Å². The van der Waals surface area contributed by atoms with Gasteiger partial charge in [-0.2, -0.15) is 4.72 Å². The monoisotopic (exact) mass is 450 g/mol. The van der Waals surface area contributed by atoms with E-state index in [-0.39, 0.29) is 0 Å². The van der Waals surface area contributed by atoms with Crippen LogP contribution in [0.5, 0.6) is 0 Å². The van der Waals surface area contributed by atoms with Crippen LogP contribution in [-0.4, -0.2) is 31.7 Å². The van der Waals surface area contributed by atoms with Gasteiger partial charge in [0.05, 0.1) is 11.5 Å². The number of halogens is 3. The molecule has 0 fully saturated rings. The lowest BCUT2D eigenvalue weighted by atomic mass is 9.93. The average molecular weight is 451 g/mol. The molecule has 2 rings (SSSR count). The standard InChI is InChI=1S/C15H13BrF2N2O5S/c16-10-5-6-12(18)11(7-10)15(8-17,9-21)19-26(24,25)14-4-2-1-3-13(14)20(22)23/h1-7,19,21H,8-9H2/t15-/m0/s1. The number of nitrogens with one attached hydrogen (secondary N) is 1. The van der Waals surface area contributed by atoms with E-state index in [0.717, 1.165) is 24.3 Å². The molecule has 1 atom stereocenters. The third-order valence-electron chi connectivity index (χ3n) is 3.62. The number of aliphatic hydroxyl groups excluding tert-OH is 1. The number of para-hydroxylation sites is 1. The zero-order chi connectivity index (χ0) is 19.5. The molecule has 2 aromatic rings. The predicted molar refractivity (Wildman–Crippen MR) is 92.3 cm³/mol. The van der Waals surface area contributed by atoms with Crippen molar-refractivity contribution in [3.05, 3.63) is 68.4 Å². The van der Waals surface area contributed by atoms with E-state index in [0.29, 0.717) is 4.47 Å². The molecule has 0 amide bonds. The lowest BCUT2D eigenvalue weighted by molar-refractivity contribution is -0.387. The summed E-state index contributed by atoms with van der Waals surface area (Å²) in [5.74, 6) is -0.954. The van der Waals surface area contributed by atoms with Crippen molar-refractivity contribution in [2.75, 3.05) is 13.3 Å². The van der Waals surface area contributed by atoms with Gasteiger partial charge in [0, 0.05) is 16.1 Å². The number of hydrogen-bond donors (Lipinski definition) is 2. The SMILES string of the molecule is O=[N+]([O-])c1ccccc1S(=O)(=O)N[C@](CO)(CF)c1cc(Br)ccc1F. The Morgan fingerprint density at radius 2 is 1.92 bits per heavy atom. The number of rotatable bonds is 7. The molecule has 26 heavy (non-hydrogen) atoms. The molecule has 0 heterocycles. The van der Waals surface area contributed by atoms with E-state index < -0.39 is 55.7 Å². The molecule has 0 unspecified atom stereocenters. The molecule has 0 radical (unpaired) electrons. The van der Waals surface area contributed by atoms with Gasteiger partial charge in [-0.15, -0.1) is 0 Å². The molecule has 0 saturated carbocycles. The van der Waals surface area contributed by atoms with Crippen LogP contribution in [0.25, 0.3) is 0 Å². The molecule has 0 aliphatic carbocycles. The van der Waals surface area contributed by atoms with Crippen LogP contribution in [-0.2, 0) is 15.6 Å². The second-order valence-electron chi connectivity index (χ2n) is 5.33. The van der Waals surface area contributed by atoms with Crippen molar-refractivity contribution in [2.24, 2.45) is 0 Å². The van der Waals surface area contributed by atoms with Crippen LogP contribution in [0.2, 0.25) is 0 Å². The van der Waals surface area contributed by atoms with Crippen LogP contribution in [0.3, 0.4) is 0 Å². The Hall–Kier alpha value is -1.95. The molecule has 7 nitrogen and oxygen atoms in total. The molecule has 2 aromatic carbocycles. The van der Waals surface area contributed by atoms with Crippen molar-refractivity contribution in [3.63, 3.8) is 0 Å². The summed E-state index contributed by atoms with van der Waals surface area (Å²) < 4.78 is 55.5. The van der Waals surface area contributed by atoms with Crippen molar-refractivity contribution in [2.45, 2.75) is 10.4 Å². The van der Waals surface area contributed by atoms with Crippen molar-refractivity contribution in [1.82, 2.24) is 4.72 Å². The summed E-state index contributed by atoms with van der Waals surface area (Å²) in [6.45, 7) is -2.60. The Balaban J connectivity index is 2.61. The van der Waals surface area contributed by atoms with E-state index in [2.05, 4.69) is 15.9 Å². The van der Waals surface area contributed by atoms with E-state index in [9.17, 15) is 32.4 Å². The number of nitro benzene ring substituents is 1. The van der Waals surface area contributed by atoms with Crippen LogP contribution in [0.15, 0.2) is 51.8 Å². The molecule has 0 aromatic heterocycles. The smallest absolute Gasteiger partial charge is 0.289 e. The first-order chi connectivity index (χ1) is 12.2. The van der Waals surface area contributed by atoms with Crippen molar-refractivity contribution < 1.29 is 27.2 Å². The zero-order valence-corrected chi connectivity index (χ0v) is 15.4. The molecular weight excluding hydrogens is 438 g/mol. The van der Waals surface area contributed by atoms with E-state index in [4.69, 9.17) is 0 Å². The Labute approximate surface area is 156 Å². The summed E-state index contributed by atoms with van der Waals surface area (Å²) >= 11 is 3.07. The maximum atomic E-state index is 14.2. The van der Waals surface area contributed by atoms with E-state index >= 15 is 0 Å². The fourth-order valence-electron chi connectivity index (χ4n) is 2.33. The van der Waals surface area contributed by atoms with E-state index in [1.54, 1.807) is 0 Å². The average Bonchev–Trinajstić information content (AvgIpc) is 2.62. The van der Waals surface area contributed by atoms with Crippen LogP contribution in [0.1, 0.15) is 5.56 Å². The largest absolute Gasteiger partial charge is 0.394 e. The Bertz CT molecular complexity index is 935. The number of nitrogens with zero attached hydrogens (tertiary/aromatic N) is 1. The second-order valence-corrected chi connectivity index (χ2v) is 7.89. The maximum absolute atomic E-state index is 14.2. The topological polar surface area (TPSA) is 110 Å². The lowest BCUT2D eigenvalue weighted by Crippen LogP contribution is -2.51. The molecule has 140 valence electrons. The van der Waals surface area contributed by atoms with Gasteiger partial charge in [-0.3, -0.25) is 10.1 Å². The van der Waals surface area contributed by atoms with E-state index in [1.807, 2.05) is 4.72 Å². The highest BCUT2D eigenvalue weighted by atomic mass is 79.9. The van der Waals surface area contributed by atoms with E-state index in [1.165, 1.54) is 18.2 Å². The molecule has 11 heteroatoms. The van der Waals surface area contributed by atoms with Crippen LogP contribution >= 0.6 is 15.9 Å². The first kappa shape index (κ1) is 20.4. The van der Waals surface area contributed by atoms with Crippen molar-refractivity contribution in [3.8, 4) is 0 Å². The minimum atomic E-state index is -4.67. The first-order valence-electron chi connectivity index (χ1n) is 7.06. The van der Waals surface area contributed by atoms with Gasteiger partial charge < -0.3 is 5.11 Å². The number of benzene rings is 2. The van der Waals surface area contributed by atoms with Gasteiger partial charge in [-0.1, -0.05) is 28.1 Å². The van der Waals surface area contributed by atoms with Crippen LogP contribution in [0, 0.1) is 15.9 Å². The Kier molecular flexibility index (Phi) is 6.06. The summed E-state index contributed by atoms with van der Waals surface area (Å²) in [6.07, 6.45) is 0. The first-order valence-corrected chi connectivity index (χ1v) is 9.34. The Morgan fingerprint density at radius 3 is 2.50 bits per heavy atom. The summed E-state index contributed by atoms with van der Waals surface area (Å²) in [4.78, 5) is 9.42. The van der Waals surface area contributed by atoms with Gasteiger partial charge in [0.2, 0.25) is 10.0 Å². The van der Waals surface area contributed by atoms with Crippen LogP contribution in [0.4, 0.5) is 14.5 Å². The number of aliphatic hydroxyl groups is 1. The minimum absolute atomic E-state index is 0.324. The summed E-state index contributed by atoms with van der Waals surface area (Å²) in [5, 5.41) is 20.7. The molecule has 0 spiro atoms. The van der Waals surface area contributed by atoms with Gasteiger partial charge in [-0.25, -0.2) is 17.2 Å². The number of nitro groups is 1. The highest BCUT2D eigenvalue weighted by molar-refractivity contribution is 9.10. The third kappa shape index (κ3) is 3.90. The fourth-order valence-corrected chi connectivity index (χ4v) is 4.22. The molecule has 0 aliphatic rings. The lowest BCUT2D eigenvalue weighted by Gasteiger charge is -2.30. The summed E-state index contributed by atoms with van der Waals surface area (Å²) in [5.41, 5.74) is -3.53. The predicted octanol–water partition coefficient (Wildman–Crippen LogP) is 2.63. The Morgan fingerprint density at radius 1 is 1.27 bits per heavy atom. The van der Waals surface area contributed by atoms with Gasteiger partial charge in [0.25, 0.3) is 5.69 Å². The number of hydrogen-bond acceptors (Lipinski definition) is 5. The third-order valence-corrected chi connectivity index (χ3v) is 5.70. The number of alkyl halides is 1. The van der Waals surface area contributed by atoms with Crippen molar-refractivity contribution >= 4 is 31.6 Å². The highest BCUT2D eigenvalue weighted by Crippen LogP contribution is 2.31. The van der Waals surface area contributed by atoms with Gasteiger partial charge in [0.1, 0.15) is 18.0 Å². The molecule has 0 aliphatic heterocycles. The molecular formula is C15H13BrF2N2O5S. The number of sulfonamides is 1. The second kappa shape index (κ2) is 7.74. The highest BCUT2D eigenvalue weighted by Gasteiger charge is 2.41. The van der Waals surface area contributed by atoms with Gasteiger partial charge >= 0.3 is 0 Å². The minimum Gasteiger partial charge on any atom is -0.394 e. The molecule has 0 bridgehead atoms. The van der Waals surface area contributed by atoms with Gasteiger partial charge in [-0.05, 0) is 24.3 Å².